The van der Waals surface area contributed by atoms with Gasteiger partial charge in [0.1, 0.15) is 11.6 Å². The van der Waals surface area contributed by atoms with E-state index in [0.29, 0.717) is 22.9 Å². The van der Waals surface area contributed by atoms with Gasteiger partial charge in [-0.3, -0.25) is 4.90 Å². The zero-order chi connectivity index (χ0) is 26.3. The second-order valence-electron chi connectivity index (χ2n) is 10.9. The maximum Gasteiger partial charge on any atom is 0.232 e. The number of para-hydroxylation sites is 1. The molecule has 3 aliphatic rings. The minimum Gasteiger partial charge on any atom is -0.379 e. The number of rotatable bonds is 7. The van der Waals surface area contributed by atoms with Crippen molar-refractivity contribution in [2.75, 3.05) is 98.7 Å². The Kier molecular flexibility index (Phi) is 9.14. The number of piperazine rings is 1. The molecule has 1 aromatic carbocycles. The second kappa shape index (κ2) is 12.9. The standard InChI is InChI=1S/C28H42N8OS/c1-22-18-23(2)21-36(20-22)26-19-25(35-12-10-34(11-13-35)24-6-4-3-5-7-24)30-27(31-26)32-28(38)29-8-9-33-14-16-37-17-15-33/h3-7,19,22-23H,8-18,20-21H2,1-2H3,(H2,29,30,31,32,38). The van der Waals surface area contributed by atoms with Crippen LogP contribution in [0.1, 0.15) is 20.3 Å². The first-order valence-electron chi connectivity index (χ1n) is 14.1. The topological polar surface area (TPSA) is 72.0 Å². The molecule has 3 saturated heterocycles. The Bertz CT molecular complexity index is 1030. The molecule has 9 nitrogen and oxygen atoms in total. The van der Waals surface area contributed by atoms with Crippen LogP contribution in [-0.4, -0.2) is 98.6 Å². The monoisotopic (exact) mass is 538 g/mol. The van der Waals surface area contributed by atoms with Gasteiger partial charge in [0, 0.05) is 77.2 Å². The third-order valence-corrected chi connectivity index (χ3v) is 7.91. The van der Waals surface area contributed by atoms with Crippen LogP contribution in [0, 0.1) is 11.8 Å². The molecule has 2 N–H and O–H groups in total. The largest absolute Gasteiger partial charge is 0.379 e. The fourth-order valence-electron chi connectivity index (χ4n) is 5.78. The molecule has 5 rings (SSSR count). The average Bonchev–Trinajstić information content (AvgIpc) is 2.93. The van der Waals surface area contributed by atoms with Gasteiger partial charge in [0.15, 0.2) is 5.11 Å². The molecule has 10 heteroatoms. The van der Waals surface area contributed by atoms with Crippen molar-refractivity contribution in [2.24, 2.45) is 11.8 Å². The summed E-state index contributed by atoms with van der Waals surface area (Å²) < 4.78 is 5.44. The number of hydrogen-bond acceptors (Lipinski definition) is 8. The van der Waals surface area contributed by atoms with Crippen LogP contribution in [0.3, 0.4) is 0 Å². The molecule has 4 heterocycles. The van der Waals surface area contributed by atoms with Crippen LogP contribution in [0.25, 0.3) is 0 Å². The van der Waals surface area contributed by atoms with Gasteiger partial charge in [0.2, 0.25) is 5.95 Å². The number of piperidine rings is 1. The van der Waals surface area contributed by atoms with Crippen molar-refractivity contribution in [2.45, 2.75) is 20.3 Å². The lowest BCUT2D eigenvalue weighted by atomic mass is 9.92. The first-order chi connectivity index (χ1) is 18.5. The Labute approximate surface area is 232 Å². The highest BCUT2D eigenvalue weighted by Gasteiger charge is 2.26. The first-order valence-corrected chi connectivity index (χ1v) is 14.5. The van der Waals surface area contributed by atoms with Crippen LogP contribution in [0.2, 0.25) is 0 Å². The lowest BCUT2D eigenvalue weighted by molar-refractivity contribution is 0.0389. The van der Waals surface area contributed by atoms with E-state index in [2.05, 4.69) is 80.5 Å². The van der Waals surface area contributed by atoms with Crippen LogP contribution in [0.15, 0.2) is 36.4 Å². The van der Waals surface area contributed by atoms with Gasteiger partial charge in [-0.1, -0.05) is 32.0 Å². The van der Waals surface area contributed by atoms with E-state index in [4.69, 9.17) is 26.9 Å². The Morgan fingerprint density at radius 2 is 1.53 bits per heavy atom. The first kappa shape index (κ1) is 26.9. The Morgan fingerprint density at radius 1 is 0.895 bits per heavy atom. The van der Waals surface area contributed by atoms with Gasteiger partial charge in [-0.15, -0.1) is 0 Å². The highest BCUT2D eigenvalue weighted by atomic mass is 32.1. The second-order valence-corrected chi connectivity index (χ2v) is 11.3. The highest BCUT2D eigenvalue weighted by Crippen LogP contribution is 2.29. The molecule has 3 aliphatic heterocycles. The van der Waals surface area contributed by atoms with Crippen molar-refractivity contribution in [1.82, 2.24) is 20.2 Å². The van der Waals surface area contributed by atoms with E-state index in [1.54, 1.807) is 0 Å². The Balaban J connectivity index is 1.26. The van der Waals surface area contributed by atoms with Crippen LogP contribution in [-0.2, 0) is 4.74 Å². The summed E-state index contributed by atoms with van der Waals surface area (Å²) in [7, 11) is 0. The smallest absolute Gasteiger partial charge is 0.232 e. The minimum absolute atomic E-state index is 0.565. The number of nitrogens with one attached hydrogen (secondary N) is 2. The third-order valence-electron chi connectivity index (χ3n) is 7.66. The predicted octanol–water partition coefficient (Wildman–Crippen LogP) is 2.90. The molecule has 1 aromatic heterocycles. The maximum atomic E-state index is 5.63. The van der Waals surface area contributed by atoms with E-state index in [1.165, 1.54) is 12.1 Å². The molecule has 0 aliphatic carbocycles. The molecule has 0 saturated carbocycles. The normalized spacial score (nSPS) is 22.8. The van der Waals surface area contributed by atoms with Crippen molar-refractivity contribution in [1.29, 1.82) is 0 Å². The van der Waals surface area contributed by atoms with Crippen LogP contribution in [0.4, 0.5) is 23.3 Å². The molecule has 38 heavy (non-hydrogen) atoms. The lowest BCUT2D eigenvalue weighted by Gasteiger charge is -2.38. The Hall–Kier alpha value is -2.69. The maximum absolute atomic E-state index is 5.63. The molecule has 2 atom stereocenters. The lowest BCUT2D eigenvalue weighted by Crippen LogP contribution is -2.47. The van der Waals surface area contributed by atoms with Gasteiger partial charge in [-0.25, -0.2) is 0 Å². The van der Waals surface area contributed by atoms with Crippen molar-refractivity contribution >= 4 is 40.6 Å². The predicted molar refractivity (Wildman–Crippen MR) is 160 cm³/mol. The quantitative estimate of drug-likeness (QED) is 0.514. The molecule has 2 unspecified atom stereocenters. The fraction of sp³-hybridized carbons (Fsp3) is 0.607. The molecule has 0 amide bonds. The number of anilines is 4. The number of thiocarbonyl (C=S) groups is 1. The van der Waals surface area contributed by atoms with E-state index < -0.39 is 0 Å². The summed E-state index contributed by atoms with van der Waals surface area (Å²) in [6.45, 7) is 15.7. The van der Waals surface area contributed by atoms with Crippen molar-refractivity contribution in [3.8, 4) is 0 Å². The van der Waals surface area contributed by atoms with Crippen molar-refractivity contribution in [3.63, 3.8) is 0 Å². The molecular weight excluding hydrogens is 496 g/mol. The average molecular weight is 539 g/mol. The van der Waals surface area contributed by atoms with E-state index in [1.807, 2.05) is 0 Å². The van der Waals surface area contributed by atoms with Gasteiger partial charge in [0.25, 0.3) is 0 Å². The minimum atomic E-state index is 0.565. The van der Waals surface area contributed by atoms with Gasteiger partial charge in [-0.2, -0.15) is 9.97 Å². The summed E-state index contributed by atoms with van der Waals surface area (Å²) in [6, 6.07) is 12.8. The van der Waals surface area contributed by atoms with Crippen molar-refractivity contribution < 1.29 is 4.74 Å². The van der Waals surface area contributed by atoms with E-state index >= 15 is 0 Å². The van der Waals surface area contributed by atoms with E-state index in [0.717, 1.165) is 90.3 Å². The fourth-order valence-corrected chi connectivity index (χ4v) is 5.98. The SMILES string of the molecule is CC1CC(C)CN(c2cc(N3CCN(c4ccccc4)CC3)nc(NC(=S)NCCN3CCOCC3)n2)C1. The number of hydrogen-bond donors (Lipinski definition) is 2. The summed E-state index contributed by atoms with van der Waals surface area (Å²) in [5.41, 5.74) is 1.28. The highest BCUT2D eigenvalue weighted by molar-refractivity contribution is 7.80. The molecule has 0 radical (unpaired) electrons. The van der Waals surface area contributed by atoms with Crippen LogP contribution >= 0.6 is 12.2 Å². The summed E-state index contributed by atoms with van der Waals surface area (Å²) in [5, 5.41) is 7.19. The van der Waals surface area contributed by atoms with Gasteiger partial charge >= 0.3 is 0 Å². The number of benzene rings is 1. The summed E-state index contributed by atoms with van der Waals surface area (Å²) >= 11 is 5.63. The van der Waals surface area contributed by atoms with Gasteiger partial charge < -0.3 is 30.1 Å². The molecule has 206 valence electrons. The van der Waals surface area contributed by atoms with Gasteiger partial charge in [0.05, 0.1) is 13.2 Å². The summed E-state index contributed by atoms with van der Waals surface area (Å²) in [4.78, 5) is 19.5. The van der Waals surface area contributed by atoms with Crippen molar-refractivity contribution in [3.05, 3.63) is 36.4 Å². The summed E-state index contributed by atoms with van der Waals surface area (Å²) in [5.74, 6) is 3.80. The number of ether oxygens (including phenoxy) is 1. The van der Waals surface area contributed by atoms with Gasteiger partial charge in [-0.05, 0) is 42.6 Å². The third kappa shape index (κ3) is 7.24. The van der Waals surface area contributed by atoms with Crippen LogP contribution in [0.5, 0.6) is 0 Å². The molecule has 2 aromatic rings. The zero-order valence-electron chi connectivity index (χ0n) is 22.8. The number of aromatic nitrogens is 2. The number of morpholine rings is 1. The molecule has 3 fully saturated rings. The summed E-state index contributed by atoms with van der Waals surface area (Å²) in [6.07, 6.45) is 1.26. The molecule has 0 spiro atoms. The number of nitrogens with zero attached hydrogens (tertiary/aromatic N) is 6. The Morgan fingerprint density at radius 3 is 2.21 bits per heavy atom. The van der Waals surface area contributed by atoms with E-state index in [9.17, 15) is 0 Å². The van der Waals surface area contributed by atoms with E-state index in [-0.39, 0.29) is 0 Å². The van der Waals surface area contributed by atoms with Crippen LogP contribution < -0.4 is 25.3 Å². The molecule has 0 bridgehead atoms. The zero-order valence-corrected chi connectivity index (χ0v) is 23.6. The molecular formula is C28H42N8OS.